The summed E-state index contributed by atoms with van der Waals surface area (Å²) in [4.78, 5) is 23.1. The average Bonchev–Trinajstić information content (AvgIpc) is 3.01. The third-order valence-corrected chi connectivity index (χ3v) is 3.75. The molecule has 0 saturated carbocycles. The van der Waals surface area contributed by atoms with Crippen molar-refractivity contribution in [2.24, 2.45) is 14.1 Å². The van der Waals surface area contributed by atoms with Crippen LogP contribution in [-0.4, -0.2) is 30.0 Å². The lowest BCUT2D eigenvalue weighted by Gasteiger charge is -2.06. The summed E-state index contributed by atoms with van der Waals surface area (Å²) in [7, 11) is 3.41. The molecule has 0 aliphatic rings. The minimum atomic E-state index is -1.06. The van der Waals surface area contributed by atoms with E-state index in [2.05, 4.69) is 5.10 Å². The summed E-state index contributed by atoms with van der Waals surface area (Å²) in [5.74, 6) is -1.06. The molecule has 7 nitrogen and oxygen atoms in total. The molecule has 0 unspecified atom stereocenters. The number of nitrogens with zero attached hydrogens (tertiary/aromatic N) is 4. The summed E-state index contributed by atoms with van der Waals surface area (Å²) < 4.78 is 4.68. The Balaban J connectivity index is 2.03. The quantitative estimate of drug-likeness (QED) is 0.796. The topological polar surface area (TPSA) is 82.1 Å². The van der Waals surface area contributed by atoms with Crippen molar-refractivity contribution in [2.45, 2.75) is 6.92 Å². The smallest absolute Gasteiger partial charge is 0.356 e. The highest BCUT2D eigenvalue weighted by atomic mass is 16.4. The van der Waals surface area contributed by atoms with Crippen molar-refractivity contribution < 1.29 is 9.90 Å². The Morgan fingerprint density at radius 2 is 1.83 bits per heavy atom. The standard InChI is InChI=1S/C16H16N4O3/c1-10-9-18(2)16(23)20(10)12-6-4-11(5-7-12)14-8-13(15(21)22)17-19(14)3/h4-9H,1-3H3,(H,21,22). The molecule has 0 bridgehead atoms. The van der Waals surface area contributed by atoms with Gasteiger partial charge in [-0.25, -0.2) is 9.59 Å². The highest BCUT2D eigenvalue weighted by Gasteiger charge is 2.13. The molecule has 0 spiro atoms. The summed E-state index contributed by atoms with van der Waals surface area (Å²) in [5.41, 5.74) is 3.03. The van der Waals surface area contributed by atoms with Crippen LogP contribution in [0.25, 0.3) is 16.9 Å². The highest BCUT2D eigenvalue weighted by molar-refractivity contribution is 5.87. The molecule has 0 aliphatic heterocycles. The molecule has 0 aliphatic carbocycles. The van der Waals surface area contributed by atoms with Gasteiger partial charge in [0.2, 0.25) is 0 Å². The molecule has 0 saturated heterocycles. The Morgan fingerprint density at radius 3 is 2.30 bits per heavy atom. The molecule has 118 valence electrons. The summed E-state index contributed by atoms with van der Waals surface area (Å²) in [6.45, 7) is 1.87. The SMILES string of the molecule is Cc1cn(C)c(=O)n1-c1ccc(-c2cc(C(=O)O)nn2C)cc1. The van der Waals surface area contributed by atoms with E-state index < -0.39 is 5.97 Å². The van der Waals surface area contributed by atoms with Crippen LogP contribution < -0.4 is 5.69 Å². The zero-order valence-corrected chi connectivity index (χ0v) is 13.0. The number of imidazole rings is 1. The van der Waals surface area contributed by atoms with Gasteiger partial charge in [0, 0.05) is 26.0 Å². The maximum absolute atomic E-state index is 12.1. The van der Waals surface area contributed by atoms with E-state index >= 15 is 0 Å². The first-order chi connectivity index (χ1) is 10.9. The van der Waals surface area contributed by atoms with E-state index in [1.165, 1.54) is 15.3 Å². The molecular formula is C16H16N4O3. The van der Waals surface area contributed by atoms with Gasteiger partial charge in [0.05, 0.1) is 11.4 Å². The lowest BCUT2D eigenvalue weighted by atomic mass is 10.1. The van der Waals surface area contributed by atoms with Crippen molar-refractivity contribution in [3.63, 3.8) is 0 Å². The van der Waals surface area contributed by atoms with Gasteiger partial charge in [-0.05, 0) is 30.7 Å². The first kappa shape index (κ1) is 14.8. The van der Waals surface area contributed by atoms with Crippen molar-refractivity contribution in [1.82, 2.24) is 18.9 Å². The van der Waals surface area contributed by atoms with Crippen LogP contribution in [0.4, 0.5) is 0 Å². The molecule has 7 heteroatoms. The van der Waals surface area contributed by atoms with Gasteiger partial charge in [-0.2, -0.15) is 5.10 Å². The Labute approximate surface area is 132 Å². The minimum Gasteiger partial charge on any atom is -0.476 e. The molecule has 0 atom stereocenters. The number of aryl methyl sites for hydroxylation is 3. The molecule has 0 fully saturated rings. The van der Waals surface area contributed by atoms with Crippen LogP contribution >= 0.6 is 0 Å². The van der Waals surface area contributed by atoms with E-state index in [0.717, 1.165) is 16.9 Å². The Bertz CT molecular complexity index is 945. The van der Waals surface area contributed by atoms with Crippen LogP contribution in [0.5, 0.6) is 0 Å². The highest BCUT2D eigenvalue weighted by Crippen LogP contribution is 2.21. The van der Waals surface area contributed by atoms with Gasteiger partial charge in [-0.1, -0.05) is 12.1 Å². The second-order valence-corrected chi connectivity index (χ2v) is 5.39. The minimum absolute atomic E-state index is 0.00157. The van der Waals surface area contributed by atoms with Gasteiger partial charge in [0.15, 0.2) is 5.69 Å². The van der Waals surface area contributed by atoms with Gasteiger partial charge < -0.3 is 9.67 Å². The number of carbonyl (C=O) groups is 1. The van der Waals surface area contributed by atoms with Gasteiger partial charge in [0.1, 0.15) is 0 Å². The van der Waals surface area contributed by atoms with Crippen LogP contribution in [0.1, 0.15) is 16.2 Å². The van der Waals surface area contributed by atoms with Crippen molar-refractivity contribution in [1.29, 1.82) is 0 Å². The number of carboxylic acids is 1. The summed E-state index contributed by atoms with van der Waals surface area (Å²) in [6.07, 6.45) is 1.77. The maximum Gasteiger partial charge on any atom is 0.356 e. The molecule has 0 amide bonds. The number of benzene rings is 1. The second kappa shape index (κ2) is 5.28. The first-order valence-electron chi connectivity index (χ1n) is 7.01. The van der Waals surface area contributed by atoms with E-state index in [-0.39, 0.29) is 11.4 Å². The number of carboxylic acid groups (broad SMARTS) is 1. The van der Waals surface area contributed by atoms with Crippen LogP contribution in [0.2, 0.25) is 0 Å². The van der Waals surface area contributed by atoms with Crippen molar-refractivity contribution >= 4 is 5.97 Å². The zero-order valence-electron chi connectivity index (χ0n) is 13.0. The summed E-state index contributed by atoms with van der Waals surface area (Å²) in [6, 6.07) is 8.87. The number of aromatic nitrogens is 4. The predicted octanol–water partition coefficient (Wildman–Crippen LogP) is 1.58. The fourth-order valence-corrected chi connectivity index (χ4v) is 2.64. The van der Waals surface area contributed by atoms with E-state index in [4.69, 9.17) is 5.11 Å². The molecule has 2 aromatic heterocycles. The molecule has 0 radical (unpaired) electrons. The van der Waals surface area contributed by atoms with Crippen LogP contribution in [0, 0.1) is 6.92 Å². The third-order valence-electron chi connectivity index (χ3n) is 3.75. The fourth-order valence-electron chi connectivity index (χ4n) is 2.64. The summed E-state index contributed by atoms with van der Waals surface area (Å²) >= 11 is 0. The summed E-state index contributed by atoms with van der Waals surface area (Å²) in [5, 5.41) is 13.0. The molecule has 1 N–H and O–H groups in total. The van der Waals surface area contributed by atoms with Crippen LogP contribution in [0.3, 0.4) is 0 Å². The van der Waals surface area contributed by atoms with E-state index in [1.54, 1.807) is 24.9 Å². The number of hydrogen-bond donors (Lipinski definition) is 1. The Kier molecular flexibility index (Phi) is 3.40. The molecule has 23 heavy (non-hydrogen) atoms. The third kappa shape index (κ3) is 2.46. The maximum atomic E-state index is 12.1. The van der Waals surface area contributed by atoms with Gasteiger partial charge in [-0.3, -0.25) is 9.25 Å². The van der Waals surface area contributed by atoms with Crippen LogP contribution in [0.15, 0.2) is 41.3 Å². The van der Waals surface area contributed by atoms with Crippen molar-refractivity contribution in [3.05, 3.63) is 58.4 Å². The lowest BCUT2D eigenvalue weighted by Crippen LogP contribution is -2.21. The van der Waals surface area contributed by atoms with Gasteiger partial charge in [-0.15, -0.1) is 0 Å². The predicted molar refractivity (Wildman–Crippen MR) is 84.9 cm³/mol. The fraction of sp³-hybridized carbons (Fsp3) is 0.188. The Hall–Kier alpha value is -3.09. The van der Waals surface area contributed by atoms with Crippen molar-refractivity contribution in [2.75, 3.05) is 0 Å². The first-order valence-corrected chi connectivity index (χ1v) is 7.01. The average molecular weight is 312 g/mol. The normalized spacial score (nSPS) is 10.9. The zero-order chi connectivity index (χ0) is 16.7. The van der Waals surface area contributed by atoms with Crippen LogP contribution in [-0.2, 0) is 14.1 Å². The number of rotatable bonds is 3. The molecule has 1 aromatic carbocycles. The van der Waals surface area contributed by atoms with E-state index in [0.29, 0.717) is 5.69 Å². The lowest BCUT2D eigenvalue weighted by molar-refractivity contribution is 0.0689. The second-order valence-electron chi connectivity index (χ2n) is 5.39. The monoisotopic (exact) mass is 312 g/mol. The number of hydrogen-bond acceptors (Lipinski definition) is 3. The molecule has 3 rings (SSSR count). The number of aromatic carboxylic acids is 1. The van der Waals surface area contributed by atoms with Crippen molar-refractivity contribution in [3.8, 4) is 16.9 Å². The van der Waals surface area contributed by atoms with Gasteiger partial charge in [0.25, 0.3) is 0 Å². The molecular weight excluding hydrogens is 296 g/mol. The molecule has 3 aromatic rings. The van der Waals surface area contributed by atoms with E-state index in [1.807, 2.05) is 31.2 Å². The Morgan fingerprint density at radius 1 is 1.17 bits per heavy atom. The largest absolute Gasteiger partial charge is 0.476 e. The molecule has 2 heterocycles. The van der Waals surface area contributed by atoms with E-state index in [9.17, 15) is 9.59 Å². The van der Waals surface area contributed by atoms with Gasteiger partial charge >= 0.3 is 11.7 Å².